The van der Waals surface area contributed by atoms with Gasteiger partial charge >= 0.3 is 0 Å². The maximum Gasteiger partial charge on any atom is 0.263 e. The van der Waals surface area contributed by atoms with Crippen molar-refractivity contribution >= 4 is 22.7 Å². The van der Waals surface area contributed by atoms with Crippen LogP contribution in [-0.4, -0.2) is 59.5 Å². The lowest BCUT2D eigenvalue weighted by atomic mass is 10.1. The minimum atomic E-state index is -1.59. The third kappa shape index (κ3) is 3.97. The maximum absolute atomic E-state index is 13.7. The fraction of sp³-hybridized carbons (Fsp3) is 0.409. The maximum atomic E-state index is 13.7. The van der Waals surface area contributed by atoms with Gasteiger partial charge in [0, 0.05) is 18.0 Å². The molecule has 3 unspecified atom stereocenters. The van der Waals surface area contributed by atoms with E-state index >= 15 is 0 Å². The number of rotatable bonds is 4. The van der Waals surface area contributed by atoms with Crippen LogP contribution in [0.25, 0.3) is 22.2 Å². The van der Waals surface area contributed by atoms with Crippen LogP contribution < -0.4 is 21.1 Å². The van der Waals surface area contributed by atoms with Crippen molar-refractivity contribution in [1.82, 2.24) is 20.3 Å². The van der Waals surface area contributed by atoms with E-state index in [1.54, 1.807) is 6.07 Å². The summed E-state index contributed by atoms with van der Waals surface area (Å²) >= 11 is 0. The number of hydrogen-bond acceptors (Lipinski definition) is 6. The van der Waals surface area contributed by atoms with Crippen LogP contribution >= 0.6 is 0 Å². The Hall–Kier alpha value is -3.07. The first-order valence-corrected chi connectivity index (χ1v) is 10.6. The molecule has 7 nitrogen and oxygen atoms in total. The summed E-state index contributed by atoms with van der Waals surface area (Å²) in [4.78, 5) is 26.6. The molecule has 0 amide bonds. The highest BCUT2D eigenvalue weighted by Gasteiger charge is 2.34. The number of para-hydroxylation sites is 1. The second-order valence-corrected chi connectivity index (χ2v) is 8.13. The standard InChI is InChI=1S/C22H24F2N6O/c23-15-11-30(12-16(15)24)22-28-20(26-14-5-3-9-25-10-14)19(21(31)29-22)18-8-7-13-4-1-2-6-17(13)27-18/h1-2,4,6-8,14-16,25H,3,5,9-12H2,(H2,26,28,29,31). The lowest BCUT2D eigenvalue weighted by molar-refractivity contribution is 0.217. The second-order valence-electron chi connectivity index (χ2n) is 8.13. The highest BCUT2D eigenvalue weighted by atomic mass is 19.2. The number of alkyl halides is 2. The van der Waals surface area contributed by atoms with Crippen molar-refractivity contribution in [2.75, 3.05) is 36.4 Å². The van der Waals surface area contributed by atoms with Gasteiger partial charge in [0.15, 0.2) is 12.3 Å². The Labute approximate surface area is 177 Å². The van der Waals surface area contributed by atoms with Crippen LogP contribution in [0.3, 0.4) is 0 Å². The zero-order valence-electron chi connectivity index (χ0n) is 16.9. The predicted molar refractivity (Wildman–Crippen MR) is 117 cm³/mol. The number of nitrogens with one attached hydrogen (secondary N) is 3. The Morgan fingerprint density at radius 3 is 2.65 bits per heavy atom. The zero-order chi connectivity index (χ0) is 21.4. The third-order valence-electron chi connectivity index (χ3n) is 5.88. The van der Waals surface area contributed by atoms with Crippen molar-refractivity contribution in [3.05, 3.63) is 46.8 Å². The van der Waals surface area contributed by atoms with Crippen molar-refractivity contribution in [3.63, 3.8) is 0 Å². The van der Waals surface area contributed by atoms with Crippen LogP contribution in [-0.2, 0) is 0 Å². The van der Waals surface area contributed by atoms with E-state index in [1.807, 2.05) is 30.3 Å². The summed E-state index contributed by atoms with van der Waals surface area (Å²) < 4.78 is 27.5. The van der Waals surface area contributed by atoms with Crippen LogP contribution in [0.2, 0.25) is 0 Å². The zero-order valence-corrected chi connectivity index (χ0v) is 16.9. The molecule has 2 saturated heterocycles. The van der Waals surface area contributed by atoms with E-state index in [-0.39, 0.29) is 25.1 Å². The van der Waals surface area contributed by atoms with E-state index in [2.05, 4.69) is 25.6 Å². The first-order valence-electron chi connectivity index (χ1n) is 10.6. The van der Waals surface area contributed by atoms with Crippen molar-refractivity contribution in [1.29, 1.82) is 0 Å². The number of benzene rings is 1. The molecule has 31 heavy (non-hydrogen) atoms. The molecule has 3 N–H and O–H groups in total. The van der Waals surface area contributed by atoms with Crippen LogP contribution in [0.1, 0.15) is 12.8 Å². The van der Waals surface area contributed by atoms with Gasteiger partial charge in [-0.05, 0) is 31.5 Å². The van der Waals surface area contributed by atoms with E-state index < -0.39 is 17.9 Å². The summed E-state index contributed by atoms with van der Waals surface area (Å²) in [7, 11) is 0. The molecule has 1 aromatic carbocycles. The van der Waals surface area contributed by atoms with Gasteiger partial charge < -0.3 is 15.5 Å². The van der Waals surface area contributed by atoms with Gasteiger partial charge in [-0.25, -0.2) is 13.8 Å². The topological polar surface area (TPSA) is 85.9 Å². The summed E-state index contributed by atoms with van der Waals surface area (Å²) in [6.45, 7) is 1.43. The second kappa shape index (κ2) is 8.22. The minimum absolute atomic E-state index is 0.0940. The molecule has 2 aliphatic heterocycles. The third-order valence-corrected chi connectivity index (χ3v) is 5.88. The highest BCUT2D eigenvalue weighted by molar-refractivity contribution is 5.83. The quantitative estimate of drug-likeness (QED) is 0.595. The van der Waals surface area contributed by atoms with Crippen molar-refractivity contribution < 1.29 is 8.78 Å². The Morgan fingerprint density at radius 1 is 1.06 bits per heavy atom. The number of aromatic amines is 1. The summed E-state index contributed by atoms with van der Waals surface area (Å²) in [5.41, 5.74) is 1.21. The molecular formula is C22H24F2N6O. The first-order chi connectivity index (χ1) is 15.1. The van der Waals surface area contributed by atoms with Gasteiger partial charge in [0.25, 0.3) is 5.56 Å². The average molecular weight is 426 g/mol. The molecule has 5 rings (SSSR count). The summed E-state index contributed by atoms with van der Waals surface area (Å²) in [6, 6.07) is 11.5. The van der Waals surface area contributed by atoms with Gasteiger partial charge in [0.05, 0.1) is 24.3 Å². The summed E-state index contributed by atoms with van der Waals surface area (Å²) in [6.07, 6.45) is -1.24. The van der Waals surface area contributed by atoms with Crippen molar-refractivity contribution in [3.8, 4) is 11.3 Å². The molecule has 3 atom stereocenters. The molecular weight excluding hydrogens is 402 g/mol. The van der Waals surface area contributed by atoms with Gasteiger partial charge in [-0.1, -0.05) is 24.3 Å². The number of piperidine rings is 1. The van der Waals surface area contributed by atoms with Crippen LogP contribution in [0.4, 0.5) is 20.5 Å². The molecule has 9 heteroatoms. The van der Waals surface area contributed by atoms with Gasteiger partial charge in [-0.15, -0.1) is 0 Å². The van der Waals surface area contributed by atoms with Gasteiger partial charge in [0.2, 0.25) is 5.95 Å². The van der Waals surface area contributed by atoms with Crippen LogP contribution in [0, 0.1) is 0 Å². The smallest absolute Gasteiger partial charge is 0.263 e. The number of nitrogens with zero attached hydrogens (tertiary/aromatic N) is 3. The molecule has 2 aromatic heterocycles. The average Bonchev–Trinajstić information content (AvgIpc) is 3.12. The predicted octanol–water partition coefficient (Wildman–Crippen LogP) is 2.65. The van der Waals surface area contributed by atoms with Gasteiger partial charge in [0.1, 0.15) is 11.4 Å². The lowest BCUT2D eigenvalue weighted by Crippen LogP contribution is -2.39. The fourth-order valence-electron chi connectivity index (χ4n) is 4.22. The minimum Gasteiger partial charge on any atom is -0.365 e. The van der Waals surface area contributed by atoms with E-state index in [4.69, 9.17) is 0 Å². The summed E-state index contributed by atoms with van der Waals surface area (Å²) in [5.74, 6) is 0.552. The van der Waals surface area contributed by atoms with Gasteiger partial charge in [-0.2, -0.15) is 4.98 Å². The Kier molecular flexibility index (Phi) is 5.27. The molecule has 3 aromatic rings. The molecule has 4 heterocycles. The Bertz CT molecular complexity index is 1140. The molecule has 0 bridgehead atoms. The summed E-state index contributed by atoms with van der Waals surface area (Å²) in [5, 5.41) is 7.68. The lowest BCUT2D eigenvalue weighted by Gasteiger charge is -2.26. The molecule has 0 spiro atoms. The molecule has 2 aliphatic rings. The number of aromatic nitrogens is 3. The number of fused-ring (bicyclic) bond motifs is 1. The number of anilines is 2. The normalized spacial score (nSPS) is 23.9. The first kappa shape index (κ1) is 19.9. The van der Waals surface area contributed by atoms with Gasteiger partial charge in [-0.3, -0.25) is 9.78 Å². The number of H-pyrrole nitrogens is 1. The van der Waals surface area contributed by atoms with Crippen molar-refractivity contribution in [2.45, 2.75) is 31.2 Å². The van der Waals surface area contributed by atoms with E-state index in [0.717, 1.165) is 36.8 Å². The molecule has 162 valence electrons. The molecule has 2 fully saturated rings. The van der Waals surface area contributed by atoms with Crippen molar-refractivity contribution in [2.24, 2.45) is 0 Å². The SMILES string of the molecule is O=c1[nH]c(N2CC(F)C(F)C2)nc(NC2CCCNC2)c1-c1ccc2ccccc2n1. The van der Waals surface area contributed by atoms with Crippen LogP contribution in [0.5, 0.6) is 0 Å². The molecule has 0 aliphatic carbocycles. The highest BCUT2D eigenvalue weighted by Crippen LogP contribution is 2.28. The fourth-order valence-corrected chi connectivity index (χ4v) is 4.22. The van der Waals surface area contributed by atoms with E-state index in [9.17, 15) is 13.6 Å². The van der Waals surface area contributed by atoms with Crippen LogP contribution in [0.15, 0.2) is 41.2 Å². The Balaban J connectivity index is 1.58. The molecule has 0 saturated carbocycles. The number of halogens is 2. The number of hydrogen-bond donors (Lipinski definition) is 3. The largest absolute Gasteiger partial charge is 0.365 e. The number of pyridine rings is 1. The van der Waals surface area contributed by atoms with E-state index in [1.165, 1.54) is 4.90 Å². The Morgan fingerprint density at radius 2 is 1.87 bits per heavy atom. The van der Waals surface area contributed by atoms with E-state index in [0.29, 0.717) is 17.1 Å². The monoisotopic (exact) mass is 426 g/mol. The molecule has 0 radical (unpaired) electrons.